The summed E-state index contributed by atoms with van der Waals surface area (Å²) < 4.78 is 0. The van der Waals surface area contributed by atoms with Crippen LogP contribution in [0.5, 0.6) is 0 Å². The van der Waals surface area contributed by atoms with Crippen molar-refractivity contribution in [3.8, 4) is 0 Å². The van der Waals surface area contributed by atoms with E-state index in [0.717, 1.165) is 19.3 Å². The Kier molecular flexibility index (Phi) is 3.94. The first-order chi connectivity index (χ1) is 6.63. The van der Waals surface area contributed by atoms with Crippen LogP contribution >= 0.6 is 0 Å². The van der Waals surface area contributed by atoms with E-state index in [1.807, 2.05) is 0 Å². The van der Waals surface area contributed by atoms with Gasteiger partial charge in [0.05, 0.1) is 0 Å². The Hall–Kier alpha value is -1.04. The van der Waals surface area contributed by atoms with Crippen LogP contribution in [0.4, 0.5) is 0 Å². The largest absolute Gasteiger partial charge is 0.100 e. The van der Waals surface area contributed by atoms with E-state index in [0.29, 0.717) is 0 Å². The van der Waals surface area contributed by atoms with E-state index < -0.39 is 0 Å². The molecule has 76 valence electrons. The highest BCUT2D eigenvalue weighted by Gasteiger charge is 1.99. The van der Waals surface area contributed by atoms with Crippen LogP contribution in [0.25, 0.3) is 0 Å². The maximum atomic E-state index is 3.93. The van der Waals surface area contributed by atoms with E-state index in [4.69, 9.17) is 0 Å². The van der Waals surface area contributed by atoms with E-state index in [9.17, 15) is 0 Å². The predicted octanol–water partition coefficient (Wildman–Crippen LogP) is 4.07. The molecule has 0 aliphatic heterocycles. The van der Waals surface area contributed by atoms with Crippen LogP contribution in [0.3, 0.4) is 0 Å². The van der Waals surface area contributed by atoms with Crippen LogP contribution < -0.4 is 0 Å². The lowest BCUT2D eigenvalue weighted by Gasteiger charge is -2.07. The van der Waals surface area contributed by atoms with Crippen LogP contribution in [0.15, 0.2) is 30.4 Å². The molecule has 0 heterocycles. The third-order valence-corrected chi connectivity index (χ3v) is 2.64. The van der Waals surface area contributed by atoms with Crippen molar-refractivity contribution in [2.24, 2.45) is 0 Å². The average Bonchev–Trinajstić information content (AvgIpc) is 2.15. The Morgan fingerprint density at radius 3 is 2.57 bits per heavy atom. The molecule has 0 unspecified atom stereocenters. The summed E-state index contributed by atoms with van der Waals surface area (Å²) >= 11 is 0. The number of allylic oxidation sites excluding steroid dienone is 1. The number of rotatable bonds is 4. The standard InChI is InChI=1S/C14H20/c1-5-13-7-9-14(12(4)10-13)8-6-11(2)3/h7,9-10H,2,5-6,8H2,1,3-4H3. The molecule has 0 aliphatic rings. The molecule has 1 rings (SSSR count). The molecular weight excluding hydrogens is 168 g/mol. The average molecular weight is 188 g/mol. The predicted molar refractivity (Wildman–Crippen MR) is 63.7 cm³/mol. The minimum absolute atomic E-state index is 1.10. The fourth-order valence-electron chi connectivity index (χ4n) is 1.61. The molecule has 0 heteroatoms. The zero-order chi connectivity index (χ0) is 10.6. The summed E-state index contributed by atoms with van der Waals surface area (Å²) in [6, 6.07) is 6.80. The quantitative estimate of drug-likeness (QED) is 0.625. The zero-order valence-electron chi connectivity index (χ0n) is 9.56. The molecule has 0 nitrogen and oxygen atoms in total. The van der Waals surface area contributed by atoms with Gasteiger partial charge >= 0.3 is 0 Å². The van der Waals surface area contributed by atoms with Crippen molar-refractivity contribution in [1.82, 2.24) is 0 Å². The van der Waals surface area contributed by atoms with Crippen LogP contribution in [0.1, 0.15) is 37.0 Å². The van der Waals surface area contributed by atoms with Crippen LogP contribution in [-0.4, -0.2) is 0 Å². The fourth-order valence-corrected chi connectivity index (χ4v) is 1.61. The van der Waals surface area contributed by atoms with E-state index in [-0.39, 0.29) is 0 Å². The molecule has 0 radical (unpaired) electrons. The molecule has 1 aromatic rings. The Morgan fingerprint density at radius 2 is 2.07 bits per heavy atom. The smallest absolute Gasteiger partial charge is 0.0239 e. The molecule has 0 amide bonds. The topological polar surface area (TPSA) is 0 Å². The molecule has 0 N–H and O–H groups in total. The first-order valence-electron chi connectivity index (χ1n) is 5.36. The van der Waals surface area contributed by atoms with Gasteiger partial charge in [-0.05, 0) is 49.8 Å². The Labute approximate surface area is 87.7 Å². The Balaban J connectivity index is 2.73. The molecule has 0 saturated heterocycles. The number of hydrogen-bond donors (Lipinski definition) is 0. The first-order valence-corrected chi connectivity index (χ1v) is 5.36. The van der Waals surface area contributed by atoms with Gasteiger partial charge in [-0.25, -0.2) is 0 Å². The van der Waals surface area contributed by atoms with Gasteiger partial charge in [0.2, 0.25) is 0 Å². The highest BCUT2D eigenvalue weighted by atomic mass is 14.0. The van der Waals surface area contributed by atoms with Gasteiger partial charge in [0.1, 0.15) is 0 Å². The summed E-state index contributed by atoms with van der Waals surface area (Å²) in [5.74, 6) is 0. The van der Waals surface area contributed by atoms with Gasteiger partial charge in [0.25, 0.3) is 0 Å². The monoisotopic (exact) mass is 188 g/mol. The van der Waals surface area contributed by atoms with Crippen molar-refractivity contribution < 1.29 is 0 Å². The van der Waals surface area contributed by atoms with Gasteiger partial charge in [-0.3, -0.25) is 0 Å². The molecule has 0 aliphatic carbocycles. The molecule has 0 saturated carbocycles. The molecule has 0 fully saturated rings. The lowest BCUT2D eigenvalue weighted by Crippen LogP contribution is -1.92. The van der Waals surface area contributed by atoms with E-state index in [1.165, 1.54) is 22.3 Å². The van der Waals surface area contributed by atoms with E-state index in [1.54, 1.807) is 0 Å². The Morgan fingerprint density at radius 1 is 1.36 bits per heavy atom. The molecule has 14 heavy (non-hydrogen) atoms. The lowest BCUT2D eigenvalue weighted by molar-refractivity contribution is 0.932. The minimum Gasteiger partial charge on any atom is -0.100 e. The van der Waals surface area contributed by atoms with Crippen molar-refractivity contribution in [3.05, 3.63) is 47.0 Å². The normalized spacial score (nSPS) is 10.2. The fraction of sp³-hybridized carbons (Fsp3) is 0.429. The summed E-state index contributed by atoms with van der Waals surface area (Å²) in [6.45, 7) is 10.4. The van der Waals surface area contributed by atoms with Crippen LogP contribution in [-0.2, 0) is 12.8 Å². The third kappa shape index (κ3) is 3.02. The number of benzene rings is 1. The van der Waals surface area contributed by atoms with Crippen molar-refractivity contribution in [3.63, 3.8) is 0 Å². The maximum Gasteiger partial charge on any atom is -0.0239 e. The molecule has 0 aromatic heterocycles. The van der Waals surface area contributed by atoms with Gasteiger partial charge in [-0.1, -0.05) is 30.7 Å². The third-order valence-electron chi connectivity index (χ3n) is 2.64. The molecule has 1 aromatic carbocycles. The summed E-state index contributed by atoms with van der Waals surface area (Å²) in [6.07, 6.45) is 3.36. The van der Waals surface area contributed by atoms with Gasteiger partial charge in [0, 0.05) is 0 Å². The van der Waals surface area contributed by atoms with Crippen molar-refractivity contribution >= 4 is 0 Å². The zero-order valence-corrected chi connectivity index (χ0v) is 9.56. The summed E-state index contributed by atoms with van der Waals surface area (Å²) in [5.41, 5.74) is 5.58. The second-order valence-corrected chi connectivity index (χ2v) is 4.07. The Bertz CT molecular complexity index is 321. The van der Waals surface area contributed by atoms with Crippen LogP contribution in [0, 0.1) is 6.92 Å². The molecule has 0 bridgehead atoms. The lowest BCUT2D eigenvalue weighted by atomic mass is 9.99. The van der Waals surface area contributed by atoms with Crippen molar-refractivity contribution in [2.75, 3.05) is 0 Å². The summed E-state index contributed by atoms with van der Waals surface area (Å²) in [4.78, 5) is 0. The molecule has 0 spiro atoms. The highest BCUT2D eigenvalue weighted by Crippen LogP contribution is 2.15. The van der Waals surface area contributed by atoms with Crippen molar-refractivity contribution in [1.29, 1.82) is 0 Å². The number of aryl methyl sites for hydroxylation is 3. The van der Waals surface area contributed by atoms with Gasteiger partial charge in [-0.2, -0.15) is 0 Å². The minimum atomic E-state index is 1.10. The molecule has 0 atom stereocenters. The second-order valence-electron chi connectivity index (χ2n) is 4.07. The van der Waals surface area contributed by atoms with Gasteiger partial charge < -0.3 is 0 Å². The van der Waals surface area contributed by atoms with Crippen molar-refractivity contribution in [2.45, 2.75) is 40.0 Å². The van der Waals surface area contributed by atoms with Gasteiger partial charge in [-0.15, -0.1) is 6.58 Å². The second kappa shape index (κ2) is 4.99. The summed E-state index contributed by atoms with van der Waals surface area (Å²) in [7, 11) is 0. The SMILES string of the molecule is C=C(C)CCc1ccc(CC)cc1C. The highest BCUT2D eigenvalue weighted by molar-refractivity contribution is 5.31. The van der Waals surface area contributed by atoms with E-state index in [2.05, 4.69) is 45.5 Å². The maximum absolute atomic E-state index is 3.93. The summed E-state index contributed by atoms with van der Waals surface area (Å²) in [5, 5.41) is 0. The van der Waals surface area contributed by atoms with E-state index >= 15 is 0 Å². The molecular formula is C14H20. The number of hydrogen-bond acceptors (Lipinski definition) is 0. The van der Waals surface area contributed by atoms with Gasteiger partial charge in [0.15, 0.2) is 0 Å². The van der Waals surface area contributed by atoms with Crippen LogP contribution in [0.2, 0.25) is 0 Å². The first kappa shape index (κ1) is 11.0.